The van der Waals surface area contributed by atoms with Crippen molar-refractivity contribution in [2.24, 2.45) is 0 Å². The molecule has 2 N–H and O–H groups in total. The Kier molecular flexibility index (Phi) is 4.27. The maximum absolute atomic E-state index is 11.8. The van der Waals surface area contributed by atoms with Crippen molar-refractivity contribution >= 4 is 22.9 Å². The van der Waals surface area contributed by atoms with E-state index in [1.54, 1.807) is 4.90 Å². The molecule has 1 aliphatic rings. The fourth-order valence-corrected chi connectivity index (χ4v) is 2.63. The number of carbonyl (C=O) groups excluding carboxylic acids is 2. The highest BCUT2D eigenvalue weighted by Gasteiger charge is 2.21. The third kappa shape index (κ3) is 3.21. The van der Waals surface area contributed by atoms with Gasteiger partial charge in [0.15, 0.2) is 0 Å². The second-order valence-corrected chi connectivity index (χ2v) is 5.31. The van der Waals surface area contributed by atoms with E-state index in [1.165, 1.54) is 10.9 Å². The lowest BCUT2D eigenvalue weighted by molar-refractivity contribution is -0.121. The van der Waals surface area contributed by atoms with Crippen LogP contribution in [0, 0.1) is 0 Å². The zero-order valence-electron chi connectivity index (χ0n) is 12.3. The molecular weight excluding hydrogens is 282 g/mol. The number of fused-ring (bicyclic) bond motifs is 1. The highest BCUT2D eigenvalue weighted by molar-refractivity contribution is 5.83. The highest BCUT2D eigenvalue weighted by Crippen LogP contribution is 2.17. The largest absolute Gasteiger partial charge is 0.448 e. The third-order valence-electron chi connectivity index (χ3n) is 3.85. The summed E-state index contributed by atoms with van der Waals surface area (Å²) in [6, 6.07) is 8.11. The number of carbonyl (C=O) groups is 2. The number of benzene rings is 1. The minimum absolute atomic E-state index is 0.0421. The van der Waals surface area contributed by atoms with Crippen molar-refractivity contribution in [3.8, 4) is 0 Å². The van der Waals surface area contributed by atoms with E-state index in [4.69, 9.17) is 4.74 Å². The lowest BCUT2D eigenvalue weighted by Crippen LogP contribution is -2.32. The number of H-pyrrole nitrogens is 1. The van der Waals surface area contributed by atoms with Gasteiger partial charge in [0.05, 0.1) is 6.54 Å². The summed E-state index contributed by atoms with van der Waals surface area (Å²) >= 11 is 0. The number of aromatic amines is 1. The van der Waals surface area contributed by atoms with Crippen LogP contribution in [0.15, 0.2) is 30.5 Å². The lowest BCUT2D eigenvalue weighted by atomic mass is 10.1. The summed E-state index contributed by atoms with van der Waals surface area (Å²) in [7, 11) is 0. The summed E-state index contributed by atoms with van der Waals surface area (Å²) in [5, 5.41) is 4.08. The number of hydrogen-bond acceptors (Lipinski definition) is 3. The molecule has 1 aromatic carbocycles. The molecule has 1 saturated heterocycles. The monoisotopic (exact) mass is 301 g/mol. The zero-order valence-corrected chi connectivity index (χ0v) is 12.3. The van der Waals surface area contributed by atoms with Gasteiger partial charge < -0.3 is 19.9 Å². The van der Waals surface area contributed by atoms with Gasteiger partial charge in [-0.05, 0) is 18.1 Å². The number of nitrogens with one attached hydrogen (secondary N) is 2. The van der Waals surface area contributed by atoms with Crippen molar-refractivity contribution in [3.63, 3.8) is 0 Å². The molecule has 3 rings (SSSR count). The molecule has 1 aromatic heterocycles. The van der Waals surface area contributed by atoms with Crippen molar-refractivity contribution in [1.29, 1.82) is 0 Å². The van der Waals surface area contributed by atoms with Gasteiger partial charge in [0.25, 0.3) is 0 Å². The quantitative estimate of drug-likeness (QED) is 0.852. The standard InChI is InChI=1S/C16H19N3O3/c20-15(6-8-19-9-10-22-16(19)21)17-7-5-12-11-18-14-4-2-1-3-13(12)14/h1-4,11,18H,5-10H2,(H,17,20). The van der Waals surface area contributed by atoms with Crippen LogP contribution in [0.25, 0.3) is 10.9 Å². The van der Waals surface area contributed by atoms with Gasteiger partial charge in [0, 0.05) is 36.6 Å². The molecule has 0 bridgehead atoms. The summed E-state index contributed by atoms with van der Waals surface area (Å²) in [6.07, 6.45) is 2.74. The Morgan fingerprint density at radius 3 is 3.05 bits per heavy atom. The number of ether oxygens (including phenoxy) is 1. The van der Waals surface area contributed by atoms with Crippen LogP contribution in [-0.2, 0) is 16.0 Å². The second-order valence-electron chi connectivity index (χ2n) is 5.31. The van der Waals surface area contributed by atoms with Gasteiger partial charge in [0.2, 0.25) is 5.91 Å². The van der Waals surface area contributed by atoms with E-state index in [2.05, 4.69) is 16.4 Å². The van der Waals surface area contributed by atoms with Crippen LogP contribution in [0.2, 0.25) is 0 Å². The maximum Gasteiger partial charge on any atom is 0.409 e. The Hall–Kier alpha value is -2.50. The summed E-state index contributed by atoms with van der Waals surface area (Å²) in [5.74, 6) is -0.0421. The molecule has 1 aliphatic heterocycles. The summed E-state index contributed by atoms with van der Waals surface area (Å²) < 4.78 is 4.82. The molecule has 0 aliphatic carbocycles. The predicted molar refractivity (Wildman–Crippen MR) is 82.6 cm³/mol. The maximum atomic E-state index is 11.8. The fraction of sp³-hybridized carbons (Fsp3) is 0.375. The molecule has 0 atom stereocenters. The molecular formula is C16H19N3O3. The van der Waals surface area contributed by atoms with Crippen molar-refractivity contribution in [3.05, 3.63) is 36.0 Å². The Morgan fingerprint density at radius 2 is 2.23 bits per heavy atom. The molecule has 2 amide bonds. The Morgan fingerprint density at radius 1 is 1.36 bits per heavy atom. The SMILES string of the molecule is O=C(CCN1CCOC1=O)NCCc1c[nH]c2ccccc12. The topological polar surface area (TPSA) is 74.4 Å². The fourth-order valence-electron chi connectivity index (χ4n) is 2.63. The van der Waals surface area contributed by atoms with Gasteiger partial charge in [0.1, 0.15) is 6.61 Å². The van der Waals surface area contributed by atoms with E-state index in [9.17, 15) is 9.59 Å². The van der Waals surface area contributed by atoms with E-state index < -0.39 is 0 Å². The number of nitrogens with zero attached hydrogens (tertiary/aromatic N) is 1. The molecule has 116 valence electrons. The van der Waals surface area contributed by atoms with E-state index in [0.29, 0.717) is 32.7 Å². The first kappa shape index (κ1) is 14.4. The number of aromatic nitrogens is 1. The molecule has 2 aromatic rings. The molecule has 1 fully saturated rings. The van der Waals surface area contributed by atoms with Crippen LogP contribution in [0.1, 0.15) is 12.0 Å². The molecule has 6 heteroatoms. The van der Waals surface area contributed by atoms with Crippen molar-refractivity contribution in [1.82, 2.24) is 15.2 Å². The number of cyclic esters (lactones) is 1. The van der Waals surface area contributed by atoms with Gasteiger partial charge in [-0.25, -0.2) is 4.79 Å². The van der Waals surface area contributed by atoms with Crippen LogP contribution in [0.4, 0.5) is 4.79 Å². The first-order chi connectivity index (χ1) is 10.7. The van der Waals surface area contributed by atoms with Crippen LogP contribution >= 0.6 is 0 Å². The van der Waals surface area contributed by atoms with Gasteiger partial charge in [-0.3, -0.25) is 4.79 Å². The number of hydrogen-bond donors (Lipinski definition) is 2. The zero-order chi connectivity index (χ0) is 15.4. The van der Waals surface area contributed by atoms with Gasteiger partial charge in [-0.2, -0.15) is 0 Å². The van der Waals surface area contributed by atoms with E-state index >= 15 is 0 Å². The van der Waals surface area contributed by atoms with E-state index in [1.807, 2.05) is 24.4 Å². The molecule has 6 nitrogen and oxygen atoms in total. The third-order valence-corrected chi connectivity index (χ3v) is 3.85. The number of rotatable bonds is 6. The van der Waals surface area contributed by atoms with Gasteiger partial charge in [-0.15, -0.1) is 0 Å². The normalized spacial score (nSPS) is 14.4. The predicted octanol–water partition coefficient (Wildman–Crippen LogP) is 1.67. The van der Waals surface area contributed by atoms with Crippen LogP contribution in [-0.4, -0.2) is 48.1 Å². The Bertz CT molecular complexity index is 680. The molecule has 22 heavy (non-hydrogen) atoms. The number of para-hydroxylation sites is 1. The number of amides is 2. The van der Waals surface area contributed by atoms with Gasteiger partial charge >= 0.3 is 6.09 Å². The van der Waals surface area contributed by atoms with Crippen LogP contribution < -0.4 is 5.32 Å². The Labute approximate surface area is 128 Å². The van der Waals surface area contributed by atoms with E-state index in [0.717, 1.165) is 11.9 Å². The molecule has 0 radical (unpaired) electrons. The average Bonchev–Trinajstić information content (AvgIpc) is 3.12. The second kappa shape index (κ2) is 6.51. The van der Waals surface area contributed by atoms with Crippen molar-refractivity contribution < 1.29 is 14.3 Å². The molecule has 0 saturated carbocycles. The summed E-state index contributed by atoms with van der Waals surface area (Å²) in [4.78, 5) is 27.8. The first-order valence-electron chi connectivity index (χ1n) is 7.47. The smallest absolute Gasteiger partial charge is 0.409 e. The average molecular weight is 301 g/mol. The summed E-state index contributed by atoms with van der Waals surface area (Å²) in [5.41, 5.74) is 2.30. The van der Waals surface area contributed by atoms with Crippen molar-refractivity contribution in [2.75, 3.05) is 26.2 Å². The van der Waals surface area contributed by atoms with Crippen LogP contribution in [0.5, 0.6) is 0 Å². The van der Waals surface area contributed by atoms with Crippen LogP contribution in [0.3, 0.4) is 0 Å². The minimum atomic E-state index is -0.327. The minimum Gasteiger partial charge on any atom is -0.448 e. The summed E-state index contributed by atoms with van der Waals surface area (Å²) in [6.45, 7) is 1.99. The highest BCUT2D eigenvalue weighted by atomic mass is 16.6. The first-order valence-corrected chi connectivity index (χ1v) is 7.47. The molecule has 0 spiro atoms. The van der Waals surface area contributed by atoms with Gasteiger partial charge in [-0.1, -0.05) is 18.2 Å². The Balaban J connectivity index is 1.42. The lowest BCUT2D eigenvalue weighted by Gasteiger charge is -2.12. The molecule has 0 unspecified atom stereocenters. The molecule has 2 heterocycles. The van der Waals surface area contributed by atoms with Crippen molar-refractivity contribution in [2.45, 2.75) is 12.8 Å². The van der Waals surface area contributed by atoms with E-state index in [-0.39, 0.29) is 12.0 Å².